The minimum absolute atomic E-state index is 0.0328. The van der Waals surface area contributed by atoms with E-state index in [1.165, 1.54) is 23.9 Å². The molecular formula is C25H28N6O6S. The molecule has 2 heterocycles. The third-order valence-electron chi connectivity index (χ3n) is 6.43. The van der Waals surface area contributed by atoms with Crippen LogP contribution < -0.4 is 20.3 Å². The lowest BCUT2D eigenvalue weighted by Gasteiger charge is -2.27. The molecule has 1 aliphatic carbocycles. The average molecular weight is 541 g/mol. The van der Waals surface area contributed by atoms with E-state index in [0.29, 0.717) is 23.8 Å². The maximum Gasteiger partial charge on any atom is 0.263 e. The molecule has 12 nitrogen and oxygen atoms in total. The number of fused-ring (bicyclic) bond motifs is 1. The van der Waals surface area contributed by atoms with Crippen LogP contribution in [0.2, 0.25) is 0 Å². The second kappa shape index (κ2) is 10.1. The summed E-state index contributed by atoms with van der Waals surface area (Å²) in [6.45, 7) is 2.71. The molecule has 13 heteroatoms. The van der Waals surface area contributed by atoms with Gasteiger partial charge in [0.15, 0.2) is 0 Å². The van der Waals surface area contributed by atoms with Crippen LogP contribution in [0.4, 0.5) is 0 Å². The molecule has 0 aliphatic heterocycles. The zero-order chi connectivity index (χ0) is 27.7. The highest BCUT2D eigenvalue weighted by atomic mass is 32.2. The van der Waals surface area contributed by atoms with Crippen molar-refractivity contribution in [3.63, 3.8) is 0 Å². The molecular weight excluding hydrogens is 512 g/mol. The number of carbonyl (C=O) groups is 1. The van der Waals surface area contributed by atoms with Gasteiger partial charge in [-0.2, -0.15) is 10.4 Å². The van der Waals surface area contributed by atoms with E-state index in [4.69, 9.17) is 10.00 Å². The van der Waals surface area contributed by atoms with Crippen molar-refractivity contribution in [3.05, 3.63) is 63.6 Å². The first kappa shape index (κ1) is 27.2. The fraction of sp³-hybridized carbons (Fsp3) is 0.400. The summed E-state index contributed by atoms with van der Waals surface area (Å²) in [5.74, 6) is -0.619. The third-order valence-corrected chi connectivity index (χ3v) is 8.92. The zero-order valence-corrected chi connectivity index (χ0v) is 22.0. The largest absolute Gasteiger partial charge is 0.473 e. The number of aliphatic hydroxyl groups excluding tert-OH is 1. The van der Waals surface area contributed by atoms with Crippen molar-refractivity contribution in [3.8, 4) is 11.9 Å². The van der Waals surface area contributed by atoms with Crippen LogP contribution in [-0.2, 0) is 23.6 Å². The van der Waals surface area contributed by atoms with Gasteiger partial charge in [0, 0.05) is 19.0 Å². The molecule has 4 rings (SSSR count). The predicted molar refractivity (Wildman–Crippen MR) is 138 cm³/mol. The van der Waals surface area contributed by atoms with Gasteiger partial charge in [-0.05, 0) is 50.5 Å². The van der Waals surface area contributed by atoms with Crippen molar-refractivity contribution in [2.75, 3.05) is 13.2 Å². The second-order valence-electron chi connectivity index (χ2n) is 9.99. The Kier molecular flexibility index (Phi) is 7.24. The molecule has 0 atom stereocenters. The molecule has 3 N–H and O–H groups in total. The molecule has 1 fully saturated rings. The number of aliphatic hydroxyl groups is 1. The van der Waals surface area contributed by atoms with Gasteiger partial charge < -0.3 is 19.7 Å². The first-order valence-electron chi connectivity index (χ1n) is 11.8. The van der Waals surface area contributed by atoms with Crippen LogP contribution >= 0.6 is 0 Å². The molecule has 0 spiro atoms. The summed E-state index contributed by atoms with van der Waals surface area (Å²) in [7, 11) is -2.37. The molecule has 1 saturated carbocycles. The zero-order valence-electron chi connectivity index (χ0n) is 21.2. The van der Waals surface area contributed by atoms with E-state index in [1.807, 2.05) is 6.07 Å². The number of sulfonamides is 1. The number of hydrogen-bond donors (Lipinski definition) is 3. The van der Waals surface area contributed by atoms with Crippen molar-refractivity contribution in [1.82, 2.24) is 24.8 Å². The Morgan fingerprint density at radius 2 is 1.97 bits per heavy atom. The lowest BCUT2D eigenvalue weighted by molar-refractivity contribution is 0.0949. The number of pyridine rings is 1. The lowest BCUT2D eigenvalue weighted by atomic mass is 10.1. The molecule has 0 bridgehead atoms. The Balaban J connectivity index is 1.55. The van der Waals surface area contributed by atoms with E-state index >= 15 is 0 Å². The number of aromatic nitrogens is 3. The number of rotatable bonds is 10. The summed E-state index contributed by atoms with van der Waals surface area (Å²) < 4.78 is 34.3. The minimum Gasteiger partial charge on any atom is -0.473 e. The fourth-order valence-electron chi connectivity index (χ4n) is 3.89. The fourth-order valence-corrected chi connectivity index (χ4v) is 5.75. The van der Waals surface area contributed by atoms with Gasteiger partial charge >= 0.3 is 0 Å². The Bertz CT molecular complexity index is 1590. The van der Waals surface area contributed by atoms with Gasteiger partial charge in [-0.25, -0.2) is 13.1 Å². The maximum absolute atomic E-state index is 13.1. The highest BCUT2D eigenvalue weighted by Crippen LogP contribution is 2.44. The maximum atomic E-state index is 13.1. The van der Waals surface area contributed by atoms with Crippen LogP contribution in [0.25, 0.3) is 10.9 Å². The van der Waals surface area contributed by atoms with Gasteiger partial charge in [0.25, 0.3) is 17.3 Å². The Hall–Kier alpha value is -3.86. The normalized spacial score (nSPS) is 14.6. The number of ether oxygens (including phenoxy) is 1. The van der Waals surface area contributed by atoms with E-state index < -0.39 is 31.8 Å². The summed E-state index contributed by atoms with van der Waals surface area (Å²) >= 11 is 0. The molecule has 1 aromatic carbocycles. The molecule has 1 amide bonds. The smallest absolute Gasteiger partial charge is 0.263 e. The molecule has 3 aromatic rings. The van der Waals surface area contributed by atoms with Crippen molar-refractivity contribution < 1.29 is 23.1 Å². The van der Waals surface area contributed by atoms with Gasteiger partial charge in [-0.3, -0.25) is 9.59 Å². The van der Waals surface area contributed by atoms with Crippen molar-refractivity contribution >= 4 is 26.8 Å². The number of amides is 1. The SMILES string of the molecule is Cn1c(=O)c(C(=O)NCc2ccc(C#N)cc2)cc2cnnc(OCC3(S(=O)(=O)NC(C)(C)CO)CC3)c21. The van der Waals surface area contributed by atoms with E-state index in [1.54, 1.807) is 38.1 Å². The minimum atomic E-state index is -3.83. The molecule has 200 valence electrons. The number of nitriles is 1. The van der Waals surface area contributed by atoms with Crippen LogP contribution in [0.5, 0.6) is 5.88 Å². The van der Waals surface area contributed by atoms with Crippen molar-refractivity contribution in [1.29, 1.82) is 5.26 Å². The van der Waals surface area contributed by atoms with Gasteiger partial charge in [0.1, 0.15) is 22.4 Å². The van der Waals surface area contributed by atoms with Crippen LogP contribution in [0.1, 0.15) is 48.2 Å². The summed E-state index contributed by atoms with van der Waals surface area (Å²) in [5, 5.41) is 29.3. The van der Waals surface area contributed by atoms with E-state index in [9.17, 15) is 23.1 Å². The van der Waals surface area contributed by atoms with Crippen LogP contribution in [-0.4, -0.2) is 57.7 Å². The highest BCUT2D eigenvalue weighted by molar-refractivity contribution is 7.91. The van der Waals surface area contributed by atoms with Crippen molar-refractivity contribution in [2.24, 2.45) is 7.05 Å². The van der Waals surface area contributed by atoms with E-state index in [0.717, 1.165) is 5.56 Å². The summed E-state index contributed by atoms with van der Waals surface area (Å²) in [6, 6.07) is 10.1. The quantitative estimate of drug-likeness (QED) is 0.335. The Morgan fingerprint density at radius 1 is 1.29 bits per heavy atom. The van der Waals surface area contributed by atoms with E-state index in [2.05, 4.69) is 20.2 Å². The van der Waals surface area contributed by atoms with Gasteiger partial charge in [0.05, 0.1) is 30.0 Å². The number of carbonyl (C=O) groups excluding carboxylic acids is 1. The summed E-state index contributed by atoms with van der Waals surface area (Å²) in [4.78, 5) is 25.9. The molecule has 0 radical (unpaired) electrons. The third kappa shape index (κ3) is 5.38. The Labute approximate surface area is 219 Å². The second-order valence-corrected chi connectivity index (χ2v) is 12.1. The standard InChI is InChI=1S/C25H28N6O6S/c1-24(2,14-32)30-38(35,36)25(8-9-25)15-37-22-20-18(13-28-29-22)10-19(23(34)31(20)3)21(33)27-12-17-6-4-16(11-26)5-7-17/h4-7,10,13,30,32H,8-9,12,14-15H2,1-3H3,(H,27,33). The van der Waals surface area contributed by atoms with Crippen LogP contribution in [0.3, 0.4) is 0 Å². The first-order chi connectivity index (χ1) is 17.9. The van der Waals surface area contributed by atoms with Crippen molar-refractivity contribution in [2.45, 2.75) is 43.5 Å². The topological polar surface area (TPSA) is 176 Å². The van der Waals surface area contributed by atoms with Crippen LogP contribution in [0, 0.1) is 11.3 Å². The summed E-state index contributed by atoms with van der Waals surface area (Å²) in [5.41, 5.74) is -0.202. The number of aryl methyl sites for hydroxylation is 1. The average Bonchev–Trinajstić information content (AvgIpc) is 3.69. The number of nitrogens with zero attached hydrogens (tertiary/aromatic N) is 4. The molecule has 2 aromatic heterocycles. The molecule has 1 aliphatic rings. The number of hydrogen-bond acceptors (Lipinski definition) is 9. The first-order valence-corrected chi connectivity index (χ1v) is 13.3. The monoisotopic (exact) mass is 540 g/mol. The lowest BCUT2D eigenvalue weighted by Crippen LogP contribution is -2.51. The van der Waals surface area contributed by atoms with Crippen LogP contribution in [0.15, 0.2) is 41.3 Å². The summed E-state index contributed by atoms with van der Waals surface area (Å²) in [6.07, 6.45) is 2.11. The van der Waals surface area contributed by atoms with Gasteiger partial charge in [-0.1, -0.05) is 12.1 Å². The molecule has 0 saturated heterocycles. The molecule has 38 heavy (non-hydrogen) atoms. The Morgan fingerprint density at radius 3 is 2.58 bits per heavy atom. The van der Waals surface area contributed by atoms with Gasteiger partial charge in [-0.15, -0.1) is 5.10 Å². The van der Waals surface area contributed by atoms with Gasteiger partial charge in [0.2, 0.25) is 10.0 Å². The molecule has 0 unspecified atom stereocenters. The number of benzene rings is 1. The number of nitrogens with one attached hydrogen (secondary N) is 2. The van der Waals surface area contributed by atoms with E-state index in [-0.39, 0.29) is 36.7 Å². The predicted octanol–water partition coefficient (Wildman–Crippen LogP) is 0.732. The highest BCUT2D eigenvalue weighted by Gasteiger charge is 2.56.